The second-order valence-electron chi connectivity index (χ2n) is 4.51. The Kier molecular flexibility index (Phi) is 4.32. The second kappa shape index (κ2) is 5.75. The number of rotatable bonds is 4. The zero-order chi connectivity index (χ0) is 11.4. The van der Waals surface area contributed by atoms with Crippen molar-refractivity contribution in [3.05, 3.63) is 16.6 Å². The number of hydrogen-bond acceptors (Lipinski definition) is 4. The number of thiazole rings is 1. The van der Waals surface area contributed by atoms with E-state index in [1.54, 1.807) is 11.3 Å². The smallest absolute Gasteiger partial charge is 0.0795 e. The first-order valence-electron chi connectivity index (χ1n) is 6.16. The first-order chi connectivity index (χ1) is 7.79. The predicted octanol–water partition coefficient (Wildman–Crippen LogP) is 2.28. The molecule has 1 aliphatic heterocycles. The molecule has 1 aromatic rings. The molecule has 1 aliphatic rings. The van der Waals surface area contributed by atoms with Gasteiger partial charge in [0.05, 0.1) is 11.2 Å². The lowest BCUT2D eigenvalue weighted by Crippen LogP contribution is -2.43. The molecule has 4 heteroatoms. The Balaban J connectivity index is 1.78. The Morgan fingerprint density at radius 1 is 1.56 bits per heavy atom. The zero-order valence-electron chi connectivity index (χ0n) is 10.1. The number of nitrogens with zero attached hydrogens (tertiary/aromatic N) is 2. The van der Waals surface area contributed by atoms with E-state index in [0.717, 1.165) is 0 Å². The third-order valence-corrected chi connectivity index (χ3v) is 4.02. The van der Waals surface area contributed by atoms with Crippen LogP contribution in [0.15, 0.2) is 10.9 Å². The van der Waals surface area contributed by atoms with Crippen LogP contribution in [0.2, 0.25) is 0 Å². The Morgan fingerprint density at radius 2 is 2.31 bits per heavy atom. The minimum atomic E-state index is 0.393. The largest absolute Gasteiger partial charge is 0.306 e. The molecule has 0 amide bonds. The van der Waals surface area contributed by atoms with Crippen molar-refractivity contribution in [2.45, 2.75) is 38.8 Å². The van der Waals surface area contributed by atoms with Crippen molar-refractivity contribution in [3.63, 3.8) is 0 Å². The molecule has 3 nitrogen and oxygen atoms in total. The minimum absolute atomic E-state index is 0.393. The summed E-state index contributed by atoms with van der Waals surface area (Å²) in [5.74, 6) is 0. The van der Waals surface area contributed by atoms with Crippen LogP contribution in [0.4, 0.5) is 0 Å². The highest BCUT2D eigenvalue weighted by atomic mass is 32.1. The van der Waals surface area contributed by atoms with Gasteiger partial charge < -0.3 is 10.2 Å². The molecule has 0 radical (unpaired) electrons. The third-order valence-electron chi connectivity index (χ3n) is 3.42. The van der Waals surface area contributed by atoms with Gasteiger partial charge in [-0.1, -0.05) is 6.92 Å². The fourth-order valence-electron chi connectivity index (χ4n) is 2.29. The van der Waals surface area contributed by atoms with Crippen molar-refractivity contribution >= 4 is 11.3 Å². The van der Waals surface area contributed by atoms with Gasteiger partial charge in [-0.25, -0.2) is 4.98 Å². The van der Waals surface area contributed by atoms with Crippen molar-refractivity contribution in [2.75, 3.05) is 19.6 Å². The summed E-state index contributed by atoms with van der Waals surface area (Å²) in [5, 5.41) is 5.82. The normalized spacial score (nSPS) is 21.1. The molecule has 16 heavy (non-hydrogen) atoms. The van der Waals surface area contributed by atoms with Crippen LogP contribution in [-0.4, -0.2) is 35.6 Å². The molecule has 1 unspecified atom stereocenters. The minimum Gasteiger partial charge on any atom is -0.306 e. The summed E-state index contributed by atoms with van der Waals surface area (Å²) in [6.07, 6.45) is 2.53. The monoisotopic (exact) mass is 239 g/mol. The van der Waals surface area contributed by atoms with Crippen LogP contribution in [0, 0.1) is 0 Å². The molecule has 0 aliphatic carbocycles. The Hall–Kier alpha value is -0.450. The molecule has 1 aromatic heterocycles. The van der Waals surface area contributed by atoms with Crippen molar-refractivity contribution in [1.82, 2.24) is 15.2 Å². The van der Waals surface area contributed by atoms with Crippen molar-refractivity contribution < 1.29 is 0 Å². The van der Waals surface area contributed by atoms with E-state index in [2.05, 4.69) is 34.4 Å². The van der Waals surface area contributed by atoms with Gasteiger partial charge in [-0.2, -0.15) is 0 Å². The van der Waals surface area contributed by atoms with Gasteiger partial charge in [-0.15, -0.1) is 11.3 Å². The van der Waals surface area contributed by atoms with Gasteiger partial charge in [-0.3, -0.25) is 0 Å². The van der Waals surface area contributed by atoms with Gasteiger partial charge in [0.1, 0.15) is 0 Å². The molecule has 1 fully saturated rings. The number of hydrogen-bond donors (Lipinski definition) is 1. The van der Waals surface area contributed by atoms with Crippen molar-refractivity contribution in [1.29, 1.82) is 0 Å². The summed E-state index contributed by atoms with van der Waals surface area (Å²) in [6.45, 7) is 8.11. The molecule has 0 aromatic carbocycles. The van der Waals surface area contributed by atoms with Crippen LogP contribution < -0.4 is 5.32 Å². The average molecular weight is 239 g/mol. The van der Waals surface area contributed by atoms with E-state index in [4.69, 9.17) is 0 Å². The molecule has 2 rings (SSSR count). The lowest BCUT2D eigenvalue weighted by Gasteiger charge is -2.32. The van der Waals surface area contributed by atoms with E-state index in [1.807, 2.05) is 5.51 Å². The number of aromatic nitrogens is 1. The molecule has 0 bridgehead atoms. The number of nitrogens with one attached hydrogen (secondary N) is 1. The maximum atomic E-state index is 4.36. The molecule has 90 valence electrons. The fourth-order valence-corrected chi connectivity index (χ4v) is 2.94. The summed E-state index contributed by atoms with van der Waals surface area (Å²) in [5.41, 5.74) is 3.09. The third kappa shape index (κ3) is 3.03. The van der Waals surface area contributed by atoms with Gasteiger partial charge in [-0.05, 0) is 39.4 Å². The van der Waals surface area contributed by atoms with E-state index in [-0.39, 0.29) is 0 Å². The highest BCUT2D eigenvalue weighted by Gasteiger charge is 2.20. The number of likely N-dealkylation sites (tertiary alicyclic amines) is 1. The Bertz CT molecular complexity index is 291. The van der Waals surface area contributed by atoms with E-state index >= 15 is 0 Å². The van der Waals surface area contributed by atoms with Crippen LogP contribution in [0.1, 0.15) is 38.4 Å². The summed E-state index contributed by atoms with van der Waals surface area (Å²) >= 11 is 1.67. The topological polar surface area (TPSA) is 28.2 Å². The van der Waals surface area contributed by atoms with Gasteiger partial charge in [0.15, 0.2) is 0 Å². The van der Waals surface area contributed by atoms with Crippen LogP contribution in [0.3, 0.4) is 0 Å². The van der Waals surface area contributed by atoms with E-state index in [1.165, 1.54) is 38.2 Å². The van der Waals surface area contributed by atoms with Gasteiger partial charge in [0.2, 0.25) is 0 Å². The first kappa shape index (κ1) is 12.0. The maximum absolute atomic E-state index is 4.36. The predicted molar refractivity (Wildman–Crippen MR) is 68.8 cm³/mol. The molecular formula is C12H21N3S. The summed E-state index contributed by atoms with van der Waals surface area (Å²) in [4.78, 5) is 6.88. The molecule has 0 saturated carbocycles. The second-order valence-corrected chi connectivity index (χ2v) is 5.23. The van der Waals surface area contributed by atoms with Crippen molar-refractivity contribution in [2.24, 2.45) is 0 Å². The van der Waals surface area contributed by atoms with E-state index in [9.17, 15) is 0 Å². The van der Waals surface area contributed by atoms with Crippen LogP contribution in [-0.2, 0) is 0 Å². The van der Waals surface area contributed by atoms with E-state index < -0.39 is 0 Å². The van der Waals surface area contributed by atoms with Gasteiger partial charge in [0.25, 0.3) is 0 Å². The van der Waals surface area contributed by atoms with Gasteiger partial charge >= 0.3 is 0 Å². The first-order valence-corrected chi connectivity index (χ1v) is 7.10. The number of piperidine rings is 1. The molecule has 0 spiro atoms. The van der Waals surface area contributed by atoms with Crippen LogP contribution >= 0.6 is 11.3 Å². The molecule has 1 N–H and O–H groups in total. The average Bonchev–Trinajstić information content (AvgIpc) is 2.83. The molecule has 2 heterocycles. The molecule has 1 saturated heterocycles. The molecular weight excluding hydrogens is 218 g/mol. The quantitative estimate of drug-likeness (QED) is 0.873. The maximum Gasteiger partial charge on any atom is 0.0795 e. The van der Waals surface area contributed by atoms with Crippen LogP contribution in [0.25, 0.3) is 0 Å². The van der Waals surface area contributed by atoms with Crippen molar-refractivity contribution in [3.8, 4) is 0 Å². The van der Waals surface area contributed by atoms with Crippen LogP contribution in [0.5, 0.6) is 0 Å². The zero-order valence-corrected chi connectivity index (χ0v) is 11.0. The Morgan fingerprint density at radius 3 is 2.88 bits per heavy atom. The summed E-state index contributed by atoms with van der Waals surface area (Å²) in [7, 11) is 0. The van der Waals surface area contributed by atoms with E-state index in [0.29, 0.717) is 12.1 Å². The Labute approximate surface area is 102 Å². The van der Waals surface area contributed by atoms with Gasteiger partial charge in [0, 0.05) is 17.5 Å². The lowest BCUT2D eigenvalue weighted by molar-refractivity contribution is 0.200. The highest BCUT2D eigenvalue weighted by Crippen LogP contribution is 2.17. The standard InChI is InChI=1S/C12H21N3S/c1-3-15-6-4-11(5-7-15)14-10(2)12-8-16-9-13-12/h8-11,14H,3-7H2,1-2H3. The molecule has 1 atom stereocenters. The highest BCUT2D eigenvalue weighted by molar-refractivity contribution is 7.07. The fraction of sp³-hybridized carbons (Fsp3) is 0.750. The lowest BCUT2D eigenvalue weighted by atomic mass is 10.0. The SMILES string of the molecule is CCN1CCC(NC(C)c2cscn2)CC1. The summed E-state index contributed by atoms with van der Waals surface area (Å²) in [6, 6.07) is 1.06. The summed E-state index contributed by atoms with van der Waals surface area (Å²) < 4.78 is 0.